The summed E-state index contributed by atoms with van der Waals surface area (Å²) >= 11 is 2.80. The molecule has 0 aliphatic rings. The Hall–Kier alpha value is -1.38. The van der Waals surface area contributed by atoms with Crippen molar-refractivity contribution >= 4 is 27.6 Å². The molecule has 0 aliphatic carbocycles. The SMILES string of the molecule is O=C(O)C(CNc1c(F)cc(Br)cc1F)C(F)(F)F. The molecule has 19 heavy (non-hydrogen) atoms. The molecule has 0 amide bonds. The number of hydrogen-bond donors (Lipinski definition) is 2. The zero-order valence-corrected chi connectivity index (χ0v) is 10.6. The number of aliphatic carboxylic acids is 1. The van der Waals surface area contributed by atoms with Crippen molar-refractivity contribution in [2.24, 2.45) is 5.92 Å². The highest BCUT2D eigenvalue weighted by molar-refractivity contribution is 9.10. The first-order chi connectivity index (χ1) is 8.62. The number of anilines is 1. The lowest BCUT2D eigenvalue weighted by Gasteiger charge is -2.17. The summed E-state index contributed by atoms with van der Waals surface area (Å²) in [6.45, 7) is -1.17. The van der Waals surface area contributed by atoms with Crippen LogP contribution < -0.4 is 5.32 Å². The molecule has 0 saturated carbocycles. The lowest BCUT2D eigenvalue weighted by molar-refractivity contribution is -0.190. The van der Waals surface area contributed by atoms with E-state index in [9.17, 15) is 26.7 Å². The molecule has 3 nitrogen and oxygen atoms in total. The number of nitrogens with one attached hydrogen (secondary N) is 1. The highest BCUT2D eigenvalue weighted by atomic mass is 79.9. The van der Waals surface area contributed by atoms with E-state index in [0.29, 0.717) is 0 Å². The number of hydrogen-bond acceptors (Lipinski definition) is 2. The molecule has 0 aromatic heterocycles. The van der Waals surface area contributed by atoms with Crippen molar-refractivity contribution in [3.05, 3.63) is 28.2 Å². The lowest BCUT2D eigenvalue weighted by Crippen LogP contribution is -2.36. The highest BCUT2D eigenvalue weighted by Crippen LogP contribution is 2.28. The van der Waals surface area contributed by atoms with Gasteiger partial charge in [0.05, 0.1) is 0 Å². The monoisotopic (exact) mass is 347 g/mol. The van der Waals surface area contributed by atoms with E-state index in [-0.39, 0.29) is 4.47 Å². The first-order valence-electron chi connectivity index (χ1n) is 4.81. The fourth-order valence-corrected chi connectivity index (χ4v) is 1.66. The smallest absolute Gasteiger partial charge is 0.403 e. The highest BCUT2D eigenvalue weighted by Gasteiger charge is 2.45. The number of alkyl halides is 3. The molecule has 0 spiro atoms. The number of carboxylic acid groups (broad SMARTS) is 1. The van der Waals surface area contributed by atoms with Crippen LogP contribution >= 0.6 is 15.9 Å². The normalized spacial score (nSPS) is 13.2. The van der Waals surface area contributed by atoms with Crippen molar-refractivity contribution in [1.29, 1.82) is 0 Å². The molecule has 1 aromatic rings. The summed E-state index contributed by atoms with van der Waals surface area (Å²) in [5, 5.41) is 10.2. The summed E-state index contributed by atoms with van der Waals surface area (Å²) in [5.41, 5.74) is -0.807. The van der Waals surface area contributed by atoms with Crippen LogP contribution in [0.5, 0.6) is 0 Å². The van der Waals surface area contributed by atoms with E-state index in [1.54, 1.807) is 0 Å². The van der Waals surface area contributed by atoms with Gasteiger partial charge in [-0.2, -0.15) is 13.2 Å². The van der Waals surface area contributed by atoms with Gasteiger partial charge >= 0.3 is 12.1 Å². The van der Waals surface area contributed by atoms with E-state index in [1.165, 1.54) is 0 Å². The van der Waals surface area contributed by atoms with Crippen molar-refractivity contribution in [1.82, 2.24) is 0 Å². The maximum Gasteiger partial charge on any atom is 0.403 e. The van der Waals surface area contributed by atoms with E-state index in [4.69, 9.17) is 5.11 Å². The number of carboxylic acids is 1. The van der Waals surface area contributed by atoms with Gasteiger partial charge in [0, 0.05) is 11.0 Å². The molecule has 9 heteroatoms. The Balaban J connectivity index is 2.90. The summed E-state index contributed by atoms with van der Waals surface area (Å²) in [4.78, 5) is 10.4. The van der Waals surface area contributed by atoms with Crippen LogP contribution in [0.3, 0.4) is 0 Å². The minimum Gasteiger partial charge on any atom is -0.481 e. The molecule has 0 fully saturated rings. The Morgan fingerprint density at radius 3 is 2.16 bits per heavy atom. The zero-order chi connectivity index (χ0) is 14.8. The zero-order valence-electron chi connectivity index (χ0n) is 9.06. The molecule has 0 radical (unpaired) electrons. The molecule has 1 rings (SSSR count). The molecule has 1 atom stereocenters. The molecule has 0 aliphatic heterocycles. The molecule has 106 valence electrons. The second-order valence-electron chi connectivity index (χ2n) is 3.56. The standard InChI is InChI=1S/C10H7BrF5NO2/c11-4-1-6(12)8(7(13)2-4)17-3-5(9(18)19)10(14,15)16/h1-2,5,17H,3H2,(H,18,19). The van der Waals surface area contributed by atoms with Crippen molar-refractivity contribution < 1.29 is 31.9 Å². The van der Waals surface area contributed by atoms with E-state index in [1.807, 2.05) is 5.32 Å². The molecule has 2 N–H and O–H groups in total. The van der Waals surface area contributed by atoms with Gasteiger partial charge in [0.1, 0.15) is 17.3 Å². The summed E-state index contributed by atoms with van der Waals surface area (Å²) in [7, 11) is 0. The van der Waals surface area contributed by atoms with E-state index in [2.05, 4.69) is 15.9 Å². The maximum atomic E-state index is 13.3. The molecular formula is C10H7BrF5NO2. The van der Waals surface area contributed by atoms with E-state index < -0.39 is 41.9 Å². The second kappa shape index (κ2) is 5.72. The Kier molecular flexibility index (Phi) is 4.72. The number of benzene rings is 1. The minimum atomic E-state index is -5.01. The van der Waals surface area contributed by atoms with Crippen molar-refractivity contribution in [2.45, 2.75) is 6.18 Å². The Bertz CT molecular complexity index is 468. The molecule has 0 heterocycles. The van der Waals surface area contributed by atoms with Gasteiger partial charge in [-0.25, -0.2) is 8.78 Å². The van der Waals surface area contributed by atoms with Gasteiger partial charge < -0.3 is 10.4 Å². The van der Waals surface area contributed by atoms with Gasteiger partial charge in [0.2, 0.25) is 0 Å². The third-order valence-corrected chi connectivity index (χ3v) is 2.64. The number of carbonyl (C=O) groups is 1. The van der Waals surface area contributed by atoms with Crippen molar-refractivity contribution in [3.63, 3.8) is 0 Å². The van der Waals surface area contributed by atoms with Crippen LogP contribution in [0.2, 0.25) is 0 Å². The lowest BCUT2D eigenvalue weighted by atomic mass is 10.1. The third kappa shape index (κ3) is 4.05. The van der Waals surface area contributed by atoms with Crippen molar-refractivity contribution in [2.75, 3.05) is 11.9 Å². The summed E-state index contributed by atoms with van der Waals surface area (Å²) in [6.07, 6.45) is -5.01. The second-order valence-corrected chi connectivity index (χ2v) is 4.47. The minimum absolute atomic E-state index is 0.0682. The van der Waals surface area contributed by atoms with E-state index in [0.717, 1.165) is 12.1 Å². The summed E-state index contributed by atoms with van der Waals surface area (Å²) in [5.74, 6) is -7.13. The predicted octanol–water partition coefficient (Wildman–Crippen LogP) is 3.40. The first-order valence-corrected chi connectivity index (χ1v) is 5.60. The Morgan fingerprint density at radius 1 is 1.32 bits per heavy atom. The quantitative estimate of drug-likeness (QED) is 0.820. The molecular weight excluding hydrogens is 341 g/mol. The third-order valence-electron chi connectivity index (χ3n) is 2.18. The fourth-order valence-electron chi connectivity index (χ4n) is 1.26. The van der Waals surface area contributed by atoms with Gasteiger partial charge in [-0.3, -0.25) is 4.79 Å². The maximum absolute atomic E-state index is 13.3. The molecule has 1 aromatic carbocycles. The van der Waals surface area contributed by atoms with Crippen LogP contribution in [0.15, 0.2) is 16.6 Å². The fraction of sp³-hybridized carbons (Fsp3) is 0.300. The van der Waals surface area contributed by atoms with Crippen LogP contribution in [0.25, 0.3) is 0 Å². The van der Waals surface area contributed by atoms with Gasteiger partial charge in [-0.1, -0.05) is 15.9 Å². The number of halogens is 6. The summed E-state index contributed by atoms with van der Waals surface area (Å²) < 4.78 is 63.6. The van der Waals surface area contributed by atoms with Crippen LogP contribution in [0.4, 0.5) is 27.6 Å². The van der Waals surface area contributed by atoms with Crippen LogP contribution in [0, 0.1) is 17.6 Å². The Labute approximate surface area is 112 Å². The van der Waals surface area contributed by atoms with Crippen molar-refractivity contribution in [3.8, 4) is 0 Å². The van der Waals surface area contributed by atoms with Gasteiger partial charge in [-0.05, 0) is 12.1 Å². The predicted molar refractivity (Wildman–Crippen MR) is 59.7 cm³/mol. The first kappa shape index (κ1) is 15.7. The largest absolute Gasteiger partial charge is 0.481 e. The Morgan fingerprint density at radius 2 is 1.79 bits per heavy atom. The van der Waals surface area contributed by atoms with Crippen LogP contribution in [-0.4, -0.2) is 23.8 Å². The summed E-state index contributed by atoms with van der Waals surface area (Å²) in [6, 6.07) is 1.68. The average Bonchev–Trinajstić information content (AvgIpc) is 2.18. The van der Waals surface area contributed by atoms with E-state index >= 15 is 0 Å². The molecule has 0 saturated heterocycles. The van der Waals surface area contributed by atoms with Crippen LogP contribution in [-0.2, 0) is 4.79 Å². The van der Waals surface area contributed by atoms with Crippen LogP contribution in [0.1, 0.15) is 0 Å². The van der Waals surface area contributed by atoms with Gasteiger partial charge in [0.25, 0.3) is 0 Å². The number of rotatable bonds is 4. The topological polar surface area (TPSA) is 49.3 Å². The van der Waals surface area contributed by atoms with Gasteiger partial charge in [-0.15, -0.1) is 0 Å². The van der Waals surface area contributed by atoms with Gasteiger partial charge in [0.15, 0.2) is 5.92 Å². The molecule has 1 unspecified atom stereocenters. The average molecular weight is 348 g/mol. The molecule has 0 bridgehead atoms.